The SMILES string of the molecule is CCC(c1nnc(-c2ccc(Cl)cc2)o1)n1ncc(Cl)c(Cl)c1=O. The molecule has 3 aromatic rings. The van der Waals surface area contributed by atoms with E-state index in [-0.39, 0.29) is 15.9 Å². The topological polar surface area (TPSA) is 73.8 Å². The lowest BCUT2D eigenvalue weighted by atomic mass is 10.2. The summed E-state index contributed by atoms with van der Waals surface area (Å²) in [5.74, 6) is 0.587. The van der Waals surface area contributed by atoms with E-state index in [0.29, 0.717) is 17.3 Å². The summed E-state index contributed by atoms with van der Waals surface area (Å²) >= 11 is 17.6. The van der Waals surface area contributed by atoms with E-state index in [1.54, 1.807) is 24.3 Å². The molecule has 6 nitrogen and oxygen atoms in total. The van der Waals surface area contributed by atoms with Crippen LogP contribution in [0.25, 0.3) is 11.5 Å². The van der Waals surface area contributed by atoms with Crippen molar-refractivity contribution in [3.05, 3.63) is 61.8 Å². The van der Waals surface area contributed by atoms with Crippen molar-refractivity contribution in [2.45, 2.75) is 19.4 Å². The highest BCUT2D eigenvalue weighted by Gasteiger charge is 2.23. The van der Waals surface area contributed by atoms with Crippen LogP contribution in [0.15, 0.2) is 39.7 Å². The van der Waals surface area contributed by atoms with Gasteiger partial charge < -0.3 is 4.42 Å². The van der Waals surface area contributed by atoms with Gasteiger partial charge in [-0.1, -0.05) is 41.7 Å². The minimum atomic E-state index is -0.541. The molecule has 0 spiro atoms. The molecule has 0 aliphatic rings. The molecule has 0 amide bonds. The van der Waals surface area contributed by atoms with Crippen molar-refractivity contribution in [3.63, 3.8) is 0 Å². The van der Waals surface area contributed by atoms with E-state index in [4.69, 9.17) is 39.2 Å². The van der Waals surface area contributed by atoms with Crippen LogP contribution < -0.4 is 5.56 Å². The predicted molar refractivity (Wildman–Crippen MR) is 91.7 cm³/mol. The van der Waals surface area contributed by atoms with E-state index in [0.717, 1.165) is 5.56 Å². The number of rotatable bonds is 4. The summed E-state index contributed by atoms with van der Waals surface area (Å²) in [6, 6.07) is 6.45. The predicted octanol–water partition coefficient (Wildman–Crippen LogP) is 4.25. The molecule has 124 valence electrons. The van der Waals surface area contributed by atoms with Crippen molar-refractivity contribution in [1.82, 2.24) is 20.0 Å². The maximum Gasteiger partial charge on any atom is 0.287 e. The van der Waals surface area contributed by atoms with Gasteiger partial charge in [0.2, 0.25) is 11.8 Å². The Morgan fingerprint density at radius 3 is 2.54 bits per heavy atom. The first kappa shape index (κ1) is 17.0. The van der Waals surface area contributed by atoms with Crippen molar-refractivity contribution in [1.29, 1.82) is 0 Å². The number of nitrogens with zero attached hydrogens (tertiary/aromatic N) is 4. The summed E-state index contributed by atoms with van der Waals surface area (Å²) in [6.07, 6.45) is 1.82. The molecule has 0 saturated carbocycles. The quantitative estimate of drug-likeness (QED) is 0.671. The largest absolute Gasteiger partial charge is 0.418 e. The summed E-state index contributed by atoms with van der Waals surface area (Å²) < 4.78 is 6.89. The van der Waals surface area contributed by atoms with E-state index in [1.807, 2.05) is 6.92 Å². The van der Waals surface area contributed by atoms with Crippen LogP contribution in [0, 0.1) is 0 Å². The van der Waals surface area contributed by atoms with E-state index < -0.39 is 11.6 Å². The van der Waals surface area contributed by atoms with Gasteiger partial charge in [-0.05, 0) is 30.7 Å². The molecule has 0 aliphatic heterocycles. The fourth-order valence-corrected chi connectivity index (χ4v) is 2.56. The smallest absolute Gasteiger partial charge is 0.287 e. The zero-order chi connectivity index (χ0) is 17.3. The Labute approximate surface area is 152 Å². The van der Waals surface area contributed by atoms with Crippen LogP contribution in [0.5, 0.6) is 0 Å². The summed E-state index contributed by atoms with van der Waals surface area (Å²) in [7, 11) is 0. The van der Waals surface area contributed by atoms with Crippen molar-refractivity contribution in [3.8, 4) is 11.5 Å². The number of hydrogen-bond donors (Lipinski definition) is 0. The van der Waals surface area contributed by atoms with Crippen LogP contribution in [0.3, 0.4) is 0 Å². The van der Waals surface area contributed by atoms with Gasteiger partial charge in [-0.15, -0.1) is 10.2 Å². The third kappa shape index (κ3) is 3.17. The van der Waals surface area contributed by atoms with Crippen molar-refractivity contribution < 1.29 is 4.42 Å². The van der Waals surface area contributed by atoms with Gasteiger partial charge in [0, 0.05) is 10.6 Å². The first-order valence-electron chi connectivity index (χ1n) is 7.03. The van der Waals surface area contributed by atoms with Gasteiger partial charge in [0.25, 0.3) is 5.56 Å². The molecule has 9 heteroatoms. The normalized spacial score (nSPS) is 12.3. The van der Waals surface area contributed by atoms with E-state index in [9.17, 15) is 4.79 Å². The van der Waals surface area contributed by atoms with Crippen molar-refractivity contribution in [2.24, 2.45) is 0 Å². The molecule has 2 aromatic heterocycles. The molecular weight excluding hydrogens is 375 g/mol. The van der Waals surface area contributed by atoms with E-state index >= 15 is 0 Å². The average molecular weight is 386 g/mol. The lowest BCUT2D eigenvalue weighted by Crippen LogP contribution is -2.28. The monoisotopic (exact) mass is 384 g/mol. The molecule has 1 unspecified atom stereocenters. The number of halogens is 3. The average Bonchev–Trinajstić information content (AvgIpc) is 3.06. The molecule has 24 heavy (non-hydrogen) atoms. The van der Waals surface area contributed by atoms with Crippen LogP contribution in [0.1, 0.15) is 25.3 Å². The Bertz CT molecular complexity index is 921. The van der Waals surface area contributed by atoms with Gasteiger partial charge in [-0.3, -0.25) is 4.79 Å². The van der Waals surface area contributed by atoms with Crippen molar-refractivity contribution >= 4 is 34.8 Å². The number of benzene rings is 1. The molecule has 0 radical (unpaired) electrons. The molecular formula is C15H11Cl3N4O2. The second-order valence-corrected chi connectivity index (χ2v) is 6.15. The number of hydrogen-bond acceptors (Lipinski definition) is 5. The fourth-order valence-electron chi connectivity index (χ4n) is 2.18. The zero-order valence-electron chi connectivity index (χ0n) is 12.4. The molecule has 2 heterocycles. The third-order valence-electron chi connectivity index (χ3n) is 3.40. The van der Waals surface area contributed by atoms with Crippen LogP contribution in [-0.2, 0) is 0 Å². The second-order valence-electron chi connectivity index (χ2n) is 4.93. The maximum absolute atomic E-state index is 12.3. The van der Waals surface area contributed by atoms with Crippen molar-refractivity contribution in [2.75, 3.05) is 0 Å². The second kappa shape index (κ2) is 6.93. The van der Waals surface area contributed by atoms with E-state index in [2.05, 4.69) is 15.3 Å². The lowest BCUT2D eigenvalue weighted by Gasteiger charge is -2.13. The lowest BCUT2D eigenvalue weighted by molar-refractivity contribution is 0.377. The molecule has 3 rings (SSSR count). The van der Waals surface area contributed by atoms with Gasteiger partial charge in [0.15, 0.2) is 0 Å². The summed E-state index contributed by atoms with van der Waals surface area (Å²) in [4.78, 5) is 12.3. The molecule has 1 atom stereocenters. The molecule has 1 aromatic carbocycles. The van der Waals surface area contributed by atoms with Crippen LogP contribution >= 0.6 is 34.8 Å². The zero-order valence-corrected chi connectivity index (χ0v) is 14.7. The Kier molecular flexibility index (Phi) is 4.89. The standard InChI is InChI=1S/C15H11Cl3N4O2/c1-2-11(22-15(23)12(18)10(17)7-19-22)14-21-20-13(24-14)8-3-5-9(16)6-4-8/h3-7,11H,2H2,1H3. The highest BCUT2D eigenvalue weighted by atomic mass is 35.5. The summed E-state index contributed by atoms with van der Waals surface area (Å²) in [6.45, 7) is 1.87. The van der Waals surface area contributed by atoms with Gasteiger partial charge in [0.05, 0.1) is 11.2 Å². The van der Waals surface area contributed by atoms with Gasteiger partial charge in [-0.25, -0.2) is 4.68 Å². The molecule has 0 aliphatic carbocycles. The molecule has 0 N–H and O–H groups in total. The van der Waals surface area contributed by atoms with Gasteiger partial charge in [0.1, 0.15) is 11.1 Å². The Morgan fingerprint density at radius 1 is 1.17 bits per heavy atom. The Balaban J connectivity index is 2.00. The highest BCUT2D eigenvalue weighted by molar-refractivity contribution is 6.41. The first-order valence-corrected chi connectivity index (χ1v) is 8.16. The first-order chi connectivity index (χ1) is 11.5. The van der Waals surface area contributed by atoms with Gasteiger partial charge >= 0.3 is 0 Å². The van der Waals surface area contributed by atoms with Gasteiger partial charge in [-0.2, -0.15) is 5.10 Å². The highest BCUT2D eigenvalue weighted by Crippen LogP contribution is 2.25. The summed E-state index contributed by atoms with van der Waals surface area (Å²) in [5.41, 5.74) is 0.213. The molecule has 0 bridgehead atoms. The van der Waals surface area contributed by atoms with E-state index in [1.165, 1.54) is 10.9 Å². The molecule has 0 fully saturated rings. The van der Waals surface area contributed by atoms with Crippen LogP contribution in [0.4, 0.5) is 0 Å². The minimum Gasteiger partial charge on any atom is -0.418 e. The van der Waals surface area contributed by atoms with Crippen LogP contribution in [0.2, 0.25) is 15.1 Å². The van der Waals surface area contributed by atoms with Crippen LogP contribution in [-0.4, -0.2) is 20.0 Å². The fraction of sp³-hybridized carbons (Fsp3) is 0.200. The maximum atomic E-state index is 12.3. The molecule has 0 saturated heterocycles. The number of aromatic nitrogens is 4. The summed E-state index contributed by atoms with van der Waals surface area (Å²) in [5, 5.41) is 12.7. The Morgan fingerprint density at radius 2 is 1.88 bits per heavy atom. The third-order valence-corrected chi connectivity index (χ3v) is 4.40. The Hall–Kier alpha value is -1.89. The minimum absolute atomic E-state index is 0.0949.